The zero-order chi connectivity index (χ0) is 18.5. The molecule has 0 saturated carbocycles. The van der Waals surface area contributed by atoms with Gasteiger partial charge in [0.05, 0.1) is 11.1 Å². The molecule has 0 aromatic heterocycles. The number of carbonyl (C=O) groups excluding carboxylic acids is 3. The zero-order valence-corrected chi connectivity index (χ0v) is 14.4. The highest BCUT2D eigenvalue weighted by molar-refractivity contribution is 6.22. The van der Waals surface area contributed by atoms with Crippen LogP contribution < -0.4 is 5.32 Å². The van der Waals surface area contributed by atoms with Gasteiger partial charge in [0.1, 0.15) is 6.04 Å². The van der Waals surface area contributed by atoms with Crippen LogP contribution >= 0.6 is 0 Å². The van der Waals surface area contributed by atoms with E-state index >= 15 is 0 Å². The van der Waals surface area contributed by atoms with Crippen molar-refractivity contribution in [3.05, 3.63) is 83.9 Å². The SMILES string of the molecule is C=CCCNC(=O)[C@H](Cc1ccccc1)N1C(=O)c2ccccc2C1=O. The summed E-state index contributed by atoms with van der Waals surface area (Å²) in [6.07, 6.45) is 2.59. The summed E-state index contributed by atoms with van der Waals surface area (Å²) in [7, 11) is 0. The van der Waals surface area contributed by atoms with Crippen molar-refractivity contribution in [3.8, 4) is 0 Å². The Morgan fingerprint density at radius 3 is 2.15 bits per heavy atom. The molecule has 0 bridgehead atoms. The number of rotatable bonds is 7. The molecule has 2 aromatic carbocycles. The lowest BCUT2D eigenvalue weighted by molar-refractivity contribution is -0.124. The van der Waals surface area contributed by atoms with Crippen LogP contribution in [-0.4, -0.2) is 35.2 Å². The fourth-order valence-corrected chi connectivity index (χ4v) is 3.04. The van der Waals surface area contributed by atoms with Gasteiger partial charge in [0.2, 0.25) is 5.91 Å². The second kappa shape index (κ2) is 7.78. The fraction of sp³-hybridized carbons (Fsp3) is 0.190. The molecule has 5 heteroatoms. The minimum absolute atomic E-state index is 0.270. The molecular weight excluding hydrogens is 328 g/mol. The van der Waals surface area contributed by atoms with E-state index in [1.54, 1.807) is 30.3 Å². The Morgan fingerprint density at radius 2 is 1.58 bits per heavy atom. The molecule has 3 amide bonds. The molecule has 0 spiro atoms. The molecule has 1 N–H and O–H groups in total. The number of imide groups is 1. The van der Waals surface area contributed by atoms with Crippen molar-refractivity contribution in [1.82, 2.24) is 10.2 Å². The monoisotopic (exact) mass is 348 g/mol. The Bertz CT molecular complexity index is 810. The van der Waals surface area contributed by atoms with Gasteiger partial charge >= 0.3 is 0 Å². The first-order valence-corrected chi connectivity index (χ1v) is 8.53. The number of fused-ring (bicyclic) bond motifs is 1. The Balaban J connectivity index is 1.90. The van der Waals surface area contributed by atoms with Gasteiger partial charge in [-0.15, -0.1) is 6.58 Å². The third kappa shape index (κ3) is 3.42. The van der Waals surface area contributed by atoms with E-state index in [0.29, 0.717) is 24.1 Å². The van der Waals surface area contributed by atoms with E-state index in [4.69, 9.17) is 0 Å². The Hall–Kier alpha value is -3.21. The van der Waals surface area contributed by atoms with E-state index in [1.165, 1.54) is 0 Å². The minimum atomic E-state index is -0.894. The van der Waals surface area contributed by atoms with Gasteiger partial charge in [-0.05, 0) is 24.1 Å². The topological polar surface area (TPSA) is 66.5 Å². The predicted molar refractivity (Wildman–Crippen MR) is 98.7 cm³/mol. The Labute approximate surface area is 152 Å². The minimum Gasteiger partial charge on any atom is -0.354 e. The van der Waals surface area contributed by atoms with Crippen LogP contribution in [0.4, 0.5) is 0 Å². The summed E-state index contributed by atoms with van der Waals surface area (Å²) in [6.45, 7) is 4.04. The van der Waals surface area contributed by atoms with Crippen LogP contribution in [0.1, 0.15) is 32.7 Å². The number of nitrogens with one attached hydrogen (secondary N) is 1. The lowest BCUT2D eigenvalue weighted by Crippen LogP contribution is -2.50. The Kier molecular flexibility index (Phi) is 5.27. The van der Waals surface area contributed by atoms with Crippen LogP contribution in [0, 0.1) is 0 Å². The van der Waals surface area contributed by atoms with Gasteiger partial charge in [-0.1, -0.05) is 48.5 Å². The molecule has 0 aliphatic carbocycles. The maximum Gasteiger partial charge on any atom is 0.262 e. The summed E-state index contributed by atoms with van der Waals surface area (Å²) in [6, 6.07) is 15.1. The lowest BCUT2D eigenvalue weighted by atomic mass is 10.0. The molecule has 3 rings (SSSR count). The van der Waals surface area contributed by atoms with Crippen molar-refractivity contribution in [2.45, 2.75) is 18.9 Å². The van der Waals surface area contributed by atoms with Crippen molar-refractivity contribution >= 4 is 17.7 Å². The lowest BCUT2D eigenvalue weighted by Gasteiger charge is -2.25. The molecule has 2 aromatic rings. The number of hydrogen-bond acceptors (Lipinski definition) is 3. The van der Waals surface area contributed by atoms with Gasteiger partial charge in [-0.3, -0.25) is 19.3 Å². The van der Waals surface area contributed by atoms with Crippen LogP contribution in [0.15, 0.2) is 67.3 Å². The first-order valence-electron chi connectivity index (χ1n) is 8.53. The van der Waals surface area contributed by atoms with Gasteiger partial charge in [-0.2, -0.15) is 0 Å². The number of benzene rings is 2. The van der Waals surface area contributed by atoms with Gasteiger partial charge in [-0.25, -0.2) is 0 Å². The highest BCUT2D eigenvalue weighted by Crippen LogP contribution is 2.26. The molecule has 5 nitrogen and oxygen atoms in total. The first kappa shape index (κ1) is 17.6. The smallest absolute Gasteiger partial charge is 0.262 e. The fourth-order valence-electron chi connectivity index (χ4n) is 3.04. The molecule has 26 heavy (non-hydrogen) atoms. The van der Waals surface area contributed by atoms with E-state index in [-0.39, 0.29) is 12.3 Å². The van der Waals surface area contributed by atoms with Crippen molar-refractivity contribution in [1.29, 1.82) is 0 Å². The second-order valence-corrected chi connectivity index (χ2v) is 6.10. The van der Waals surface area contributed by atoms with Crippen molar-refractivity contribution in [2.24, 2.45) is 0 Å². The molecule has 0 unspecified atom stereocenters. The molecule has 0 radical (unpaired) electrons. The third-order valence-electron chi connectivity index (χ3n) is 4.36. The van der Waals surface area contributed by atoms with Gasteiger partial charge in [0, 0.05) is 13.0 Å². The summed E-state index contributed by atoms with van der Waals surface area (Å²) < 4.78 is 0. The standard InChI is InChI=1S/C21H20N2O3/c1-2-3-13-22-19(24)18(14-15-9-5-4-6-10-15)23-20(25)16-11-7-8-12-17(16)21(23)26/h2,4-12,18H,1,3,13-14H2,(H,22,24)/t18-/m0/s1. The van der Waals surface area contributed by atoms with Gasteiger partial charge in [0.15, 0.2) is 0 Å². The number of carbonyl (C=O) groups is 3. The highest BCUT2D eigenvalue weighted by atomic mass is 16.2. The molecule has 1 aliphatic rings. The molecule has 0 saturated heterocycles. The number of amides is 3. The summed E-state index contributed by atoms with van der Waals surface area (Å²) in [5.74, 6) is -1.19. The van der Waals surface area contributed by atoms with E-state index in [1.807, 2.05) is 30.3 Å². The van der Waals surface area contributed by atoms with Crippen LogP contribution in [0.2, 0.25) is 0 Å². The first-order chi connectivity index (χ1) is 12.6. The summed E-state index contributed by atoms with van der Waals surface area (Å²) in [5, 5.41) is 2.79. The van der Waals surface area contributed by atoms with E-state index in [2.05, 4.69) is 11.9 Å². The molecule has 132 valence electrons. The maximum absolute atomic E-state index is 12.8. The molecule has 0 fully saturated rings. The average Bonchev–Trinajstić information content (AvgIpc) is 2.92. The zero-order valence-electron chi connectivity index (χ0n) is 14.4. The maximum atomic E-state index is 12.8. The largest absolute Gasteiger partial charge is 0.354 e. The normalized spacial score (nSPS) is 14.1. The molecule has 1 atom stereocenters. The van der Waals surface area contributed by atoms with Gasteiger partial charge < -0.3 is 5.32 Å². The van der Waals surface area contributed by atoms with Crippen LogP contribution in [0.25, 0.3) is 0 Å². The molecular formula is C21H20N2O3. The molecule has 1 heterocycles. The van der Waals surface area contributed by atoms with Crippen LogP contribution in [-0.2, 0) is 11.2 Å². The summed E-state index contributed by atoms with van der Waals surface area (Å²) in [5.41, 5.74) is 1.57. The quantitative estimate of drug-likeness (QED) is 0.475. The summed E-state index contributed by atoms with van der Waals surface area (Å²) >= 11 is 0. The number of hydrogen-bond donors (Lipinski definition) is 1. The van der Waals surface area contributed by atoms with Crippen molar-refractivity contribution < 1.29 is 14.4 Å². The average molecular weight is 348 g/mol. The van der Waals surface area contributed by atoms with Crippen LogP contribution in [0.5, 0.6) is 0 Å². The van der Waals surface area contributed by atoms with Crippen molar-refractivity contribution in [3.63, 3.8) is 0 Å². The second-order valence-electron chi connectivity index (χ2n) is 6.10. The van der Waals surface area contributed by atoms with Crippen molar-refractivity contribution in [2.75, 3.05) is 6.54 Å². The third-order valence-corrected chi connectivity index (χ3v) is 4.36. The van der Waals surface area contributed by atoms with E-state index < -0.39 is 17.9 Å². The highest BCUT2D eigenvalue weighted by Gasteiger charge is 2.42. The van der Waals surface area contributed by atoms with Gasteiger partial charge in [0.25, 0.3) is 11.8 Å². The Morgan fingerprint density at radius 1 is 1.00 bits per heavy atom. The number of nitrogens with zero attached hydrogens (tertiary/aromatic N) is 1. The molecule has 1 aliphatic heterocycles. The summed E-state index contributed by atoms with van der Waals surface area (Å²) in [4.78, 5) is 39.4. The van der Waals surface area contributed by atoms with Crippen LogP contribution in [0.3, 0.4) is 0 Å². The predicted octanol–water partition coefficient (Wildman–Crippen LogP) is 2.59. The van der Waals surface area contributed by atoms with E-state index in [0.717, 1.165) is 10.5 Å². The van der Waals surface area contributed by atoms with E-state index in [9.17, 15) is 14.4 Å².